The van der Waals surface area contributed by atoms with Gasteiger partial charge in [0.25, 0.3) is 0 Å². The highest BCUT2D eigenvalue weighted by Crippen LogP contribution is 2.24. The van der Waals surface area contributed by atoms with Gasteiger partial charge in [0, 0.05) is 34.3 Å². The molecule has 3 N–H and O–H groups in total. The highest BCUT2D eigenvalue weighted by Gasteiger charge is 2.13. The highest BCUT2D eigenvalue weighted by molar-refractivity contribution is 5.79. The van der Waals surface area contributed by atoms with Crippen molar-refractivity contribution < 1.29 is 13.3 Å². The second-order valence-corrected chi connectivity index (χ2v) is 12.0. The van der Waals surface area contributed by atoms with Crippen molar-refractivity contribution in [3.05, 3.63) is 107 Å². The third-order valence-corrected chi connectivity index (χ3v) is 8.53. The van der Waals surface area contributed by atoms with E-state index in [1.54, 1.807) is 6.26 Å². The van der Waals surface area contributed by atoms with Gasteiger partial charge in [-0.3, -0.25) is 0 Å². The van der Waals surface area contributed by atoms with Crippen LogP contribution in [0.4, 0.5) is 0 Å². The summed E-state index contributed by atoms with van der Waals surface area (Å²) >= 11 is 0. The predicted molar refractivity (Wildman–Crippen MR) is 175 cm³/mol. The fraction of sp³-hybridized carbons (Fsp3) is 0.351. The van der Waals surface area contributed by atoms with Crippen LogP contribution in [0.25, 0.3) is 32.9 Å². The molecule has 0 radical (unpaired) electrons. The van der Waals surface area contributed by atoms with Gasteiger partial charge < -0.3 is 29.2 Å². The third kappa shape index (κ3) is 7.21. The minimum absolute atomic E-state index is 0.320. The van der Waals surface area contributed by atoms with E-state index >= 15 is 0 Å². The van der Waals surface area contributed by atoms with Crippen molar-refractivity contribution in [1.82, 2.24) is 16.0 Å². The molecule has 224 valence electrons. The van der Waals surface area contributed by atoms with E-state index in [1.165, 1.54) is 16.7 Å². The summed E-state index contributed by atoms with van der Waals surface area (Å²) in [7, 11) is 2.00. The zero-order valence-electron chi connectivity index (χ0n) is 25.7. The maximum Gasteiger partial charge on any atom is 0.134 e. The minimum Gasteiger partial charge on any atom is -0.464 e. The molecule has 3 aromatic heterocycles. The molecule has 3 unspecified atom stereocenters. The van der Waals surface area contributed by atoms with E-state index in [2.05, 4.69) is 97.4 Å². The number of likely N-dealkylation sites (N-methyl/N-ethyl adjacent to an activating group) is 1. The summed E-state index contributed by atoms with van der Waals surface area (Å²) in [4.78, 5) is 0. The maximum absolute atomic E-state index is 6.26. The summed E-state index contributed by atoms with van der Waals surface area (Å²) in [6, 6.07) is 27.0. The zero-order chi connectivity index (χ0) is 29.8. The molecule has 0 aliphatic rings. The van der Waals surface area contributed by atoms with Crippen LogP contribution in [-0.4, -0.2) is 25.2 Å². The average Bonchev–Trinajstić information content (AvgIpc) is 3.75. The van der Waals surface area contributed by atoms with Crippen molar-refractivity contribution in [1.29, 1.82) is 0 Å². The Bertz CT molecular complexity index is 1800. The first-order valence-corrected chi connectivity index (χ1v) is 15.6. The number of furan rings is 3. The number of benzene rings is 3. The monoisotopic (exact) mass is 577 g/mol. The molecule has 0 aliphatic carbocycles. The van der Waals surface area contributed by atoms with E-state index in [0.717, 1.165) is 70.1 Å². The van der Waals surface area contributed by atoms with Crippen LogP contribution in [0.15, 0.2) is 92.3 Å². The molecule has 6 aromatic rings. The van der Waals surface area contributed by atoms with Crippen LogP contribution in [0.5, 0.6) is 0 Å². The van der Waals surface area contributed by atoms with Crippen LogP contribution >= 0.6 is 0 Å². The summed E-state index contributed by atoms with van der Waals surface area (Å²) < 4.78 is 17.9. The Morgan fingerprint density at radius 2 is 1.19 bits per heavy atom. The van der Waals surface area contributed by atoms with Gasteiger partial charge in [0.2, 0.25) is 0 Å². The topological polar surface area (TPSA) is 75.5 Å². The van der Waals surface area contributed by atoms with Gasteiger partial charge in [0.15, 0.2) is 0 Å². The quantitative estimate of drug-likeness (QED) is 0.122. The Morgan fingerprint density at radius 3 is 1.86 bits per heavy atom. The lowest BCUT2D eigenvalue weighted by Crippen LogP contribution is -2.29. The summed E-state index contributed by atoms with van der Waals surface area (Å²) in [5.41, 5.74) is 6.71. The molecule has 0 bridgehead atoms. The van der Waals surface area contributed by atoms with Crippen molar-refractivity contribution >= 4 is 32.9 Å². The standard InChI is InChI=1S/C37H43N3O3/c1-5-32(40-23-34-21-29-9-6-27(14-24(2)38-4)18-36(29)43-34)17-28-7-10-30-20-33(42-37(30)19-28)22-39-25(3)15-26-8-11-35-31(16-26)12-13-41-35/h6-13,16,18-21,24-25,32,38-40H,5,14-15,17,22-23H2,1-4H3. The predicted octanol–water partition coefficient (Wildman–Crippen LogP) is 7.91. The van der Waals surface area contributed by atoms with Crippen LogP contribution in [0.2, 0.25) is 0 Å². The lowest BCUT2D eigenvalue weighted by Gasteiger charge is -2.16. The van der Waals surface area contributed by atoms with Crippen molar-refractivity contribution in [2.45, 2.75) is 77.7 Å². The molecule has 3 atom stereocenters. The Balaban J connectivity index is 1.02. The molecule has 3 heterocycles. The van der Waals surface area contributed by atoms with E-state index in [0.29, 0.717) is 31.2 Å². The Kier molecular flexibility index (Phi) is 8.98. The molecule has 6 nitrogen and oxygen atoms in total. The third-order valence-electron chi connectivity index (χ3n) is 8.53. The van der Waals surface area contributed by atoms with Crippen LogP contribution in [0, 0.1) is 0 Å². The second-order valence-electron chi connectivity index (χ2n) is 12.0. The van der Waals surface area contributed by atoms with Crippen LogP contribution in [-0.2, 0) is 32.4 Å². The van der Waals surface area contributed by atoms with E-state index in [4.69, 9.17) is 13.3 Å². The number of rotatable bonds is 14. The Hall–Kier alpha value is -3.84. The van der Waals surface area contributed by atoms with Gasteiger partial charge >= 0.3 is 0 Å². The first kappa shape index (κ1) is 29.2. The Labute approximate surface area is 253 Å². The fourth-order valence-corrected chi connectivity index (χ4v) is 5.88. The van der Waals surface area contributed by atoms with Gasteiger partial charge in [-0.25, -0.2) is 0 Å². The van der Waals surface area contributed by atoms with Gasteiger partial charge in [-0.2, -0.15) is 0 Å². The summed E-state index contributed by atoms with van der Waals surface area (Å²) in [5, 5.41) is 14.1. The Morgan fingerprint density at radius 1 is 0.605 bits per heavy atom. The molecule has 0 fully saturated rings. The normalized spacial score (nSPS) is 14.1. The molecule has 43 heavy (non-hydrogen) atoms. The fourth-order valence-electron chi connectivity index (χ4n) is 5.88. The van der Waals surface area contributed by atoms with Crippen molar-refractivity contribution in [3.63, 3.8) is 0 Å². The van der Waals surface area contributed by atoms with Gasteiger partial charge in [0.1, 0.15) is 28.3 Å². The highest BCUT2D eigenvalue weighted by atomic mass is 16.3. The lowest BCUT2D eigenvalue weighted by molar-refractivity contribution is 0.447. The molecule has 3 aromatic carbocycles. The number of nitrogens with one attached hydrogen (secondary N) is 3. The molecule has 0 spiro atoms. The van der Waals surface area contributed by atoms with Crippen LogP contribution < -0.4 is 16.0 Å². The largest absolute Gasteiger partial charge is 0.464 e. The SMILES string of the molecule is CCC(Cc1ccc2cc(CNC(C)Cc3ccc4occc4c3)oc2c1)NCc1cc2ccc(CC(C)NC)cc2o1. The van der Waals surface area contributed by atoms with E-state index < -0.39 is 0 Å². The molecule has 0 aliphatic heterocycles. The molecular formula is C37H43N3O3. The van der Waals surface area contributed by atoms with E-state index in [9.17, 15) is 0 Å². The van der Waals surface area contributed by atoms with Gasteiger partial charge in [0.05, 0.1) is 19.4 Å². The maximum atomic E-state index is 6.26. The number of hydrogen-bond acceptors (Lipinski definition) is 6. The number of fused-ring (bicyclic) bond motifs is 3. The minimum atomic E-state index is 0.320. The zero-order valence-corrected chi connectivity index (χ0v) is 25.7. The van der Waals surface area contributed by atoms with Gasteiger partial charge in [-0.15, -0.1) is 0 Å². The van der Waals surface area contributed by atoms with Crippen molar-refractivity contribution in [2.24, 2.45) is 0 Å². The van der Waals surface area contributed by atoms with E-state index in [1.807, 2.05) is 19.2 Å². The average molecular weight is 578 g/mol. The summed E-state index contributed by atoms with van der Waals surface area (Å²) in [6.07, 6.45) is 5.64. The van der Waals surface area contributed by atoms with Gasteiger partial charge in [-0.1, -0.05) is 37.3 Å². The van der Waals surface area contributed by atoms with Crippen molar-refractivity contribution in [3.8, 4) is 0 Å². The van der Waals surface area contributed by atoms with Gasteiger partial charge in [-0.05, 0) is 106 Å². The van der Waals surface area contributed by atoms with Crippen LogP contribution in [0.3, 0.4) is 0 Å². The van der Waals surface area contributed by atoms with Crippen molar-refractivity contribution in [2.75, 3.05) is 7.05 Å². The molecule has 6 heteroatoms. The van der Waals surface area contributed by atoms with Crippen LogP contribution in [0.1, 0.15) is 55.4 Å². The molecular weight excluding hydrogens is 534 g/mol. The second kappa shape index (κ2) is 13.2. The smallest absolute Gasteiger partial charge is 0.134 e. The molecule has 0 saturated heterocycles. The number of hydrogen-bond donors (Lipinski definition) is 3. The first-order valence-electron chi connectivity index (χ1n) is 15.6. The molecule has 0 saturated carbocycles. The summed E-state index contributed by atoms with van der Waals surface area (Å²) in [5.74, 6) is 1.94. The molecule has 0 amide bonds. The van der Waals surface area contributed by atoms with E-state index in [-0.39, 0.29) is 0 Å². The lowest BCUT2D eigenvalue weighted by atomic mass is 10.0. The first-order chi connectivity index (χ1) is 20.9. The molecule has 6 rings (SSSR count). The summed E-state index contributed by atoms with van der Waals surface area (Å²) in [6.45, 7) is 8.05.